The van der Waals surface area contributed by atoms with E-state index < -0.39 is 390 Å². The smallest absolute Gasteiger partial charge is 0.339 e. The van der Waals surface area contributed by atoms with Crippen molar-refractivity contribution in [3.63, 3.8) is 0 Å². The number of nitrogens with one attached hydrogen (secondary N) is 7. The number of carboxylic acid groups (broad SMARTS) is 2. The molecule has 0 aromatic rings. The van der Waals surface area contributed by atoms with Gasteiger partial charge in [0, 0.05) is 64.3 Å². The maximum absolute atomic E-state index is 14.2. The third-order valence-electron chi connectivity index (χ3n) is 19.9. The van der Waals surface area contributed by atoms with Gasteiger partial charge in [-0.25, -0.2) is 21.3 Å². The molecule has 61 heteroatoms. The second kappa shape index (κ2) is 62.1. The number of aliphatic carboxylic acids is 2. The minimum Gasteiger partial charge on any atom is -0.480 e. The highest BCUT2D eigenvalue weighted by Gasteiger charge is 2.49. The van der Waals surface area contributed by atoms with E-state index in [1.807, 2.05) is 0 Å². The van der Waals surface area contributed by atoms with Crippen molar-refractivity contribution < 1.29 is 246 Å². The Bertz CT molecular complexity index is 2730. The first kappa shape index (κ1) is 120. The van der Waals surface area contributed by atoms with Crippen LogP contribution in [0.15, 0.2) is 0 Å². The SMILES string of the molecule is O=COCN(CCN(CCN(CC(=O)O)[C@@H](CC(=O)NCC(CNOCC(O)C(O)C(O)C(O)CO)(CNOCC(O)C(O)C(O)C(O)CO)CNOCC(O)C(O)C(O)C(O)CO)C(=O)O)CP(=O)(O)O)C(CN(CO)CC(CC(NO)C(O)C(O)C(O)C(O)CO)(CC(NO)C(O)C(O)C(O)C(O)CO)CC(NO)C(O)C(O)C(O)C(O)CO)OC=O. The van der Waals surface area contributed by atoms with Crippen molar-refractivity contribution in [2.24, 2.45) is 10.8 Å². The predicted octanol–water partition coefficient (Wildman–Crippen LogP) is -24.7. The number of hydroxylamine groups is 6. The van der Waals surface area contributed by atoms with Gasteiger partial charge < -0.3 is 209 Å². The van der Waals surface area contributed by atoms with Gasteiger partial charge >= 0.3 is 19.5 Å². The molecule has 124 heavy (non-hydrogen) atoms. The van der Waals surface area contributed by atoms with Crippen molar-refractivity contribution in [2.45, 2.75) is 203 Å². The molecule has 736 valence electrons. The summed E-state index contributed by atoms with van der Waals surface area (Å²) >= 11 is 0. The molecule has 60 nitrogen and oxygen atoms in total. The molecule has 0 spiro atoms. The Kier molecular flexibility index (Phi) is 59.9. The Morgan fingerprint density at radius 2 is 0.726 bits per heavy atom. The van der Waals surface area contributed by atoms with Crippen molar-refractivity contribution >= 4 is 38.4 Å². The maximum Gasteiger partial charge on any atom is 0.339 e. The number of aliphatic hydroxyl groups excluding tert-OH is 31. The average Bonchev–Trinajstić information content (AvgIpc) is 0.794. The highest BCUT2D eigenvalue weighted by Crippen LogP contribution is 2.40. The Balaban J connectivity index is 8.33. The molecule has 0 aromatic heterocycles. The van der Waals surface area contributed by atoms with Crippen molar-refractivity contribution in [3.05, 3.63) is 0 Å². The van der Waals surface area contributed by atoms with E-state index in [2.05, 4.69) is 21.8 Å². The van der Waals surface area contributed by atoms with Crippen LogP contribution in [0.5, 0.6) is 0 Å². The molecule has 0 aliphatic carbocycles. The van der Waals surface area contributed by atoms with Crippen molar-refractivity contribution in [2.75, 3.05) is 151 Å². The molecule has 0 fully saturated rings. The molecular weight excluding hydrogens is 1730 g/mol. The number of hydrogen-bond donors (Lipinski definition) is 45. The van der Waals surface area contributed by atoms with Crippen LogP contribution in [0.3, 0.4) is 0 Å². The fraction of sp³-hybridized carbons (Fsp3) is 0.921. The van der Waals surface area contributed by atoms with E-state index in [1.54, 1.807) is 16.4 Å². The van der Waals surface area contributed by atoms with Crippen LogP contribution >= 0.6 is 7.60 Å². The van der Waals surface area contributed by atoms with Gasteiger partial charge in [-0.2, -0.15) is 16.4 Å². The number of carbonyl (C=O) groups excluding carboxylic acids is 3. The Morgan fingerprint density at radius 3 is 1.01 bits per heavy atom. The van der Waals surface area contributed by atoms with Crippen LogP contribution in [0.1, 0.15) is 25.7 Å². The molecular formula is C63H130N11O49P. The summed E-state index contributed by atoms with van der Waals surface area (Å²) in [6.07, 6.45) is -63.8. The van der Waals surface area contributed by atoms with Crippen LogP contribution < -0.4 is 38.2 Å². The van der Waals surface area contributed by atoms with E-state index >= 15 is 0 Å². The molecule has 0 aliphatic rings. The second-order valence-electron chi connectivity index (χ2n) is 29.4. The van der Waals surface area contributed by atoms with Gasteiger partial charge in [-0.15, -0.1) is 0 Å². The standard InChI is InChI=1S/C63H130N11O49P/c75-11-34(84)49(99)55(105)40(90)17-121-65-21-63(22-66-122-18-41(91)56(106)50(100)35(85)12-76,23-67-123-19-42(92)57(107)51(101)36(86)13-77)20-64-43(93)5-33(61(111)112)73(10-45(94)95)3-1-71(27-124(116,117)118)2-4-74(26-119-28-82)44(120-29-83)9-72(25-81)24-62(6-30(68-113)46(96)58(108)52(102)37(87)14-78,7-31(69-114)47(97)59(109)53(103)38(88)15-79)8-32(70-115)48(98)60(110)54(104)39(89)16-80/h28-42,44,46-60,65-70,75-81,84-92,96-110,113-115H,1-27H2,(H,64,93)(H,94,95)(H,111,112)(H2,116,117,118)/t30?,31?,32?,33-,34?,35?,36?,37?,38?,39?,40?,41?,42?,44?,46?,47?,48?,49?,50?,51?,52?,53?,54?,55?,56?,57?,58?,59?,60?,62?,63?/m0/s1. The lowest BCUT2D eigenvalue weighted by Gasteiger charge is -2.47. The number of carboxylic acids is 2. The summed E-state index contributed by atoms with van der Waals surface area (Å²) in [4.78, 5) is 104. The average molecular weight is 1860 g/mol. The molecule has 0 saturated heterocycles. The number of ether oxygens (including phenoxy) is 2. The number of amides is 1. The molecule has 0 rings (SSSR count). The molecule has 0 saturated carbocycles. The minimum atomic E-state index is -5.38. The molecule has 0 radical (unpaired) electrons. The third-order valence-corrected chi connectivity index (χ3v) is 20.7. The van der Waals surface area contributed by atoms with Crippen molar-refractivity contribution in [3.8, 4) is 0 Å². The Morgan fingerprint density at radius 1 is 0.403 bits per heavy atom. The summed E-state index contributed by atoms with van der Waals surface area (Å²) in [5.74, 6) is -5.12. The molecule has 0 aromatic carbocycles. The van der Waals surface area contributed by atoms with Crippen LogP contribution in [-0.2, 0) is 52.5 Å². The first-order valence-electron chi connectivity index (χ1n) is 37.7. The summed E-state index contributed by atoms with van der Waals surface area (Å²) in [7, 11) is -5.38. The van der Waals surface area contributed by atoms with Gasteiger partial charge in [-0.1, -0.05) is 0 Å². The van der Waals surface area contributed by atoms with Gasteiger partial charge in [-0.3, -0.25) is 57.8 Å². The van der Waals surface area contributed by atoms with E-state index in [1.165, 1.54) is 0 Å². The number of rotatable bonds is 78. The van der Waals surface area contributed by atoms with Gasteiger partial charge in [0.1, 0.15) is 166 Å². The van der Waals surface area contributed by atoms with Crippen molar-refractivity contribution in [1.29, 1.82) is 0 Å². The molecule has 0 bridgehead atoms. The third kappa shape index (κ3) is 41.8. The van der Waals surface area contributed by atoms with Gasteiger partial charge in [0.15, 0.2) is 6.23 Å². The monoisotopic (exact) mass is 1860 g/mol. The fourth-order valence-corrected chi connectivity index (χ4v) is 13.2. The number of carbonyl (C=O) groups is 5. The summed E-state index contributed by atoms with van der Waals surface area (Å²) in [5.41, 5.74) is 7.20. The van der Waals surface area contributed by atoms with Crippen LogP contribution in [0.25, 0.3) is 0 Å². The summed E-state index contributed by atoms with van der Waals surface area (Å²) in [6, 6.07) is -9.05. The van der Waals surface area contributed by atoms with Gasteiger partial charge in [-0.05, 0) is 24.7 Å². The van der Waals surface area contributed by atoms with E-state index in [0.29, 0.717) is 4.90 Å². The molecule has 28 unspecified atom stereocenters. The van der Waals surface area contributed by atoms with Crippen LogP contribution in [0.2, 0.25) is 0 Å². The Labute approximate surface area is 705 Å². The first-order chi connectivity index (χ1) is 58.1. The quantitative estimate of drug-likeness (QED) is 0.00884. The second-order valence-corrected chi connectivity index (χ2v) is 31.1. The fourth-order valence-electron chi connectivity index (χ4n) is 12.4. The molecule has 45 N–H and O–H groups in total. The lowest BCUT2D eigenvalue weighted by molar-refractivity contribution is -0.161. The molecule has 0 aliphatic heterocycles. The van der Waals surface area contributed by atoms with Gasteiger partial charge in [0.25, 0.3) is 12.9 Å². The summed E-state index contributed by atoms with van der Waals surface area (Å²) in [6.45, 7) is -23.1. The number of aliphatic hydroxyl groups is 31. The number of nitrogens with zero attached hydrogens (tertiary/aromatic N) is 4. The van der Waals surface area contributed by atoms with E-state index in [4.69, 9.17) is 24.0 Å². The van der Waals surface area contributed by atoms with Gasteiger partial charge in [0.05, 0.1) is 104 Å². The van der Waals surface area contributed by atoms with Gasteiger partial charge in [0.2, 0.25) is 5.91 Å². The van der Waals surface area contributed by atoms with E-state index in [0.717, 1.165) is 14.7 Å². The normalized spacial score (nSPS) is 20.7. The van der Waals surface area contributed by atoms with Crippen molar-refractivity contribution in [1.82, 2.24) is 57.8 Å². The van der Waals surface area contributed by atoms with Crippen LogP contribution in [0.4, 0.5) is 0 Å². The number of hydrogen-bond acceptors (Lipinski definition) is 55. The minimum absolute atomic E-state index is 0.211. The zero-order valence-corrected chi connectivity index (χ0v) is 67.6. The highest BCUT2D eigenvalue weighted by molar-refractivity contribution is 7.51. The highest BCUT2D eigenvalue weighted by atomic mass is 31.2. The van der Waals surface area contributed by atoms with Crippen LogP contribution in [-0.4, -0.2) is 572 Å². The summed E-state index contributed by atoms with van der Waals surface area (Å²) < 4.78 is 23.2. The lowest BCUT2D eigenvalue weighted by atomic mass is 9.68. The lowest BCUT2D eigenvalue weighted by Crippen LogP contribution is -2.60. The van der Waals surface area contributed by atoms with E-state index in [9.17, 15) is 222 Å². The molecule has 29 atom stereocenters. The molecule has 1 amide bonds. The maximum atomic E-state index is 14.2. The first-order valence-corrected chi connectivity index (χ1v) is 39.5. The zero-order chi connectivity index (χ0) is 95.3. The topological polar surface area (TPSA) is 1010 Å². The Hall–Kier alpha value is -4.38. The predicted molar refractivity (Wildman–Crippen MR) is 398 cm³/mol. The molecule has 0 heterocycles. The zero-order valence-electron chi connectivity index (χ0n) is 66.7. The van der Waals surface area contributed by atoms with Crippen LogP contribution in [0, 0.1) is 10.8 Å². The largest absolute Gasteiger partial charge is 0.480 e. The summed E-state index contributed by atoms with van der Waals surface area (Å²) in [5, 5.41) is 376. The van der Waals surface area contributed by atoms with E-state index in [-0.39, 0.29) is 12.9 Å².